The summed E-state index contributed by atoms with van der Waals surface area (Å²) in [6.07, 6.45) is 3.75. The molecule has 2 fully saturated rings. The first-order chi connectivity index (χ1) is 9.95. The molecule has 3 rings (SSSR count). The van der Waals surface area contributed by atoms with E-state index < -0.39 is 11.5 Å². The third kappa shape index (κ3) is 3.32. The molecular weight excluding hydrogens is 268 g/mol. The van der Waals surface area contributed by atoms with Crippen molar-refractivity contribution in [2.75, 3.05) is 18.0 Å². The van der Waals surface area contributed by atoms with Crippen LogP contribution in [0.5, 0.6) is 0 Å². The van der Waals surface area contributed by atoms with E-state index in [-0.39, 0.29) is 6.42 Å². The molecule has 2 aliphatic rings. The molecule has 1 aromatic rings. The largest absolute Gasteiger partial charge is 0.388 e. The molecule has 2 heterocycles. The van der Waals surface area contributed by atoms with E-state index in [1.807, 2.05) is 17.9 Å². The topological polar surface area (TPSA) is 92.3 Å². The molecule has 1 aliphatic carbocycles. The molecule has 1 saturated carbocycles. The van der Waals surface area contributed by atoms with E-state index in [0.717, 1.165) is 43.1 Å². The average Bonchev–Trinajstić information content (AvgIpc) is 3.20. The van der Waals surface area contributed by atoms with Crippen molar-refractivity contribution >= 4 is 11.7 Å². The molecule has 0 aromatic carbocycles. The zero-order valence-electron chi connectivity index (χ0n) is 12.4. The van der Waals surface area contributed by atoms with Crippen LogP contribution >= 0.6 is 0 Å². The second-order valence-electron chi connectivity index (χ2n) is 6.39. The molecule has 114 valence electrons. The lowest BCUT2D eigenvalue weighted by atomic mass is 9.89. The minimum atomic E-state index is -1.04. The Kier molecular flexibility index (Phi) is 3.57. The van der Waals surface area contributed by atoms with E-state index in [9.17, 15) is 9.90 Å². The first-order valence-corrected chi connectivity index (χ1v) is 7.56. The fourth-order valence-corrected chi connectivity index (χ4v) is 3.04. The van der Waals surface area contributed by atoms with E-state index in [2.05, 4.69) is 9.97 Å². The first-order valence-electron chi connectivity index (χ1n) is 7.56. The summed E-state index contributed by atoms with van der Waals surface area (Å²) in [7, 11) is 0. The maximum Gasteiger partial charge on any atom is 0.220 e. The molecule has 6 heteroatoms. The molecule has 6 nitrogen and oxygen atoms in total. The smallest absolute Gasteiger partial charge is 0.220 e. The van der Waals surface area contributed by atoms with Crippen LogP contribution in [-0.4, -0.2) is 39.7 Å². The zero-order valence-corrected chi connectivity index (χ0v) is 12.4. The van der Waals surface area contributed by atoms with Crippen LogP contribution in [0.15, 0.2) is 6.07 Å². The van der Waals surface area contributed by atoms with Gasteiger partial charge in [-0.1, -0.05) is 0 Å². The lowest BCUT2D eigenvalue weighted by molar-refractivity contribution is -0.123. The minimum absolute atomic E-state index is 0.00302. The van der Waals surface area contributed by atoms with Crippen LogP contribution in [0.1, 0.15) is 49.5 Å². The van der Waals surface area contributed by atoms with Crippen LogP contribution in [0.4, 0.5) is 5.82 Å². The van der Waals surface area contributed by atoms with Crippen molar-refractivity contribution in [1.29, 1.82) is 0 Å². The monoisotopic (exact) mass is 290 g/mol. The number of rotatable bonds is 4. The Labute approximate surface area is 124 Å². The van der Waals surface area contributed by atoms with Gasteiger partial charge in [0.25, 0.3) is 0 Å². The Morgan fingerprint density at radius 3 is 2.95 bits per heavy atom. The Morgan fingerprint density at radius 2 is 2.29 bits per heavy atom. The number of nitrogens with zero attached hydrogens (tertiary/aromatic N) is 3. The molecule has 1 unspecified atom stereocenters. The van der Waals surface area contributed by atoms with Gasteiger partial charge in [-0.25, -0.2) is 9.97 Å². The third-order valence-corrected chi connectivity index (χ3v) is 4.18. The van der Waals surface area contributed by atoms with Gasteiger partial charge in [-0.15, -0.1) is 0 Å². The molecule has 0 spiro atoms. The number of aryl methyl sites for hydroxylation is 1. The summed E-state index contributed by atoms with van der Waals surface area (Å²) in [6.45, 7) is 3.20. The van der Waals surface area contributed by atoms with Gasteiger partial charge >= 0.3 is 0 Å². The highest BCUT2D eigenvalue weighted by Gasteiger charge is 2.36. The van der Waals surface area contributed by atoms with Crippen molar-refractivity contribution in [3.05, 3.63) is 17.6 Å². The van der Waals surface area contributed by atoms with Crippen LogP contribution in [0, 0.1) is 6.92 Å². The fourth-order valence-electron chi connectivity index (χ4n) is 3.04. The number of nitrogens with two attached hydrogens (primary N) is 1. The predicted molar refractivity (Wildman–Crippen MR) is 79.0 cm³/mol. The highest BCUT2D eigenvalue weighted by Crippen LogP contribution is 2.39. The molecule has 0 radical (unpaired) electrons. The SMILES string of the molecule is Cc1cc(N2CCCC(O)(CC(N)=O)C2)nc(C2CC2)n1. The van der Waals surface area contributed by atoms with E-state index in [4.69, 9.17) is 5.73 Å². The number of hydrogen-bond donors (Lipinski definition) is 2. The summed E-state index contributed by atoms with van der Waals surface area (Å²) in [4.78, 5) is 22.3. The van der Waals surface area contributed by atoms with Gasteiger partial charge in [0.15, 0.2) is 0 Å². The molecule has 1 aromatic heterocycles. The van der Waals surface area contributed by atoms with Crippen molar-refractivity contribution in [3.8, 4) is 0 Å². The van der Waals surface area contributed by atoms with E-state index in [1.165, 1.54) is 0 Å². The Balaban J connectivity index is 1.81. The first kappa shape index (κ1) is 14.3. The Hall–Kier alpha value is -1.69. The second kappa shape index (κ2) is 5.26. The van der Waals surface area contributed by atoms with Crippen LogP contribution in [0.25, 0.3) is 0 Å². The summed E-state index contributed by atoms with van der Waals surface area (Å²) in [6, 6.07) is 1.95. The number of piperidine rings is 1. The Bertz CT molecular complexity index is 559. The molecule has 0 bridgehead atoms. The summed E-state index contributed by atoms with van der Waals surface area (Å²) in [5, 5.41) is 10.5. The average molecular weight is 290 g/mol. The normalized spacial score (nSPS) is 25.9. The van der Waals surface area contributed by atoms with Gasteiger partial charge in [0.1, 0.15) is 11.6 Å². The van der Waals surface area contributed by atoms with Gasteiger partial charge in [-0.05, 0) is 32.6 Å². The third-order valence-electron chi connectivity index (χ3n) is 4.18. The van der Waals surface area contributed by atoms with Gasteiger partial charge in [-0.3, -0.25) is 4.79 Å². The molecule has 1 aliphatic heterocycles. The van der Waals surface area contributed by atoms with Gasteiger partial charge in [0, 0.05) is 30.8 Å². The molecule has 1 amide bonds. The number of anilines is 1. The maximum atomic E-state index is 11.1. The summed E-state index contributed by atoms with van der Waals surface area (Å²) >= 11 is 0. The second-order valence-corrected chi connectivity index (χ2v) is 6.39. The standard InChI is InChI=1S/C15H22N4O2/c1-10-7-13(18-14(17-10)11-3-4-11)19-6-2-5-15(21,9-19)8-12(16)20/h7,11,21H,2-6,8-9H2,1H3,(H2,16,20). The van der Waals surface area contributed by atoms with E-state index in [0.29, 0.717) is 18.9 Å². The van der Waals surface area contributed by atoms with Gasteiger partial charge in [0.2, 0.25) is 5.91 Å². The molecule has 1 saturated heterocycles. The lowest BCUT2D eigenvalue weighted by Gasteiger charge is -2.39. The van der Waals surface area contributed by atoms with Gasteiger partial charge in [0.05, 0.1) is 12.0 Å². The van der Waals surface area contributed by atoms with Crippen LogP contribution in [-0.2, 0) is 4.79 Å². The van der Waals surface area contributed by atoms with Crippen molar-refractivity contribution < 1.29 is 9.90 Å². The van der Waals surface area contributed by atoms with Crippen molar-refractivity contribution in [2.45, 2.75) is 50.5 Å². The number of carbonyl (C=O) groups excluding carboxylic acids is 1. The summed E-state index contributed by atoms with van der Waals surface area (Å²) < 4.78 is 0. The predicted octanol–water partition coefficient (Wildman–Crippen LogP) is 0.869. The molecule has 21 heavy (non-hydrogen) atoms. The number of primary amides is 1. The number of hydrogen-bond acceptors (Lipinski definition) is 5. The minimum Gasteiger partial charge on any atom is -0.388 e. The van der Waals surface area contributed by atoms with E-state index in [1.54, 1.807) is 0 Å². The summed E-state index contributed by atoms with van der Waals surface area (Å²) in [5.74, 6) is 1.80. The van der Waals surface area contributed by atoms with Gasteiger partial charge in [-0.2, -0.15) is 0 Å². The van der Waals surface area contributed by atoms with Crippen LogP contribution < -0.4 is 10.6 Å². The highest BCUT2D eigenvalue weighted by atomic mass is 16.3. The van der Waals surface area contributed by atoms with Gasteiger partial charge < -0.3 is 15.7 Å². The van der Waals surface area contributed by atoms with Crippen molar-refractivity contribution in [1.82, 2.24) is 9.97 Å². The molecule has 1 atom stereocenters. The maximum absolute atomic E-state index is 11.1. The fraction of sp³-hybridized carbons (Fsp3) is 0.667. The number of amides is 1. The highest BCUT2D eigenvalue weighted by molar-refractivity contribution is 5.75. The molecule has 3 N–H and O–H groups in total. The molecular formula is C15H22N4O2. The Morgan fingerprint density at radius 1 is 1.52 bits per heavy atom. The quantitative estimate of drug-likeness (QED) is 0.858. The lowest BCUT2D eigenvalue weighted by Crippen LogP contribution is -2.50. The van der Waals surface area contributed by atoms with Crippen LogP contribution in [0.2, 0.25) is 0 Å². The zero-order chi connectivity index (χ0) is 15.0. The number of aliphatic hydroxyl groups is 1. The summed E-state index contributed by atoms with van der Waals surface area (Å²) in [5.41, 5.74) is 5.16. The number of β-amino-alcohol motifs (C(OH)–C–C–N with tert-alkyl or cyclic N) is 1. The van der Waals surface area contributed by atoms with Crippen molar-refractivity contribution in [3.63, 3.8) is 0 Å². The van der Waals surface area contributed by atoms with E-state index >= 15 is 0 Å². The number of aromatic nitrogens is 2. The van der Waals surface area contributed by atoms with Crippen LogP contribution in [0.3, 0.4) is 0 Å². The van der Waals surface area contributed by atoms with Crippen molar-refractivity contribution in [2.24, 2.45) is 5.73 Å². The number of carbonyl (C=O) groups is 1.